The van der Waals surface area contributed by atoms with Crippen molar-refractivity contribution < 1.29 is 9.59 Å². The van der Waals surface area contributed by atoms with Crippen LogP contribution >= 0.6 is 0 Å². The van der Waals surface area contributed by atoms with Gasteiger partial charge in [0.15, 0.2) is 0 Å². The van der Waals surface area contributed by atoms with Crippen molar-refractivity contribution in [2.45, 2.75) is 32.4 Å². The highest BCUT2D eigenvalue weighted by Gasteiger charge is 2.34. The van der Waals surface area contributed by atoms with Crippen molar-refractivity contribution in [1.29, 1.82) is 10.7 Å². The number of amides is 2. The molecule has 2 heterocycles. The normalized spacial score (nSPS) is 24.3. The van der Waals surface area contributed by atoms with E-state index in [0.29, 0.717) is 42.1 Å². The SMILES string of the molecule is CC(c1cccc(C#N)c1)N1CCN/C(=C2/CN(C=O)[C@H](C)CC2=N)C1=O. The molecule has 2 fully saturated rings. The smallest absolute Gasteiger partial charge is 0.270 e. The van der Waals surface area contributed by atoms with E-state index in [1.165, 1.54) is 0 Å². The Morgan fingerprint density at radius 2 is 2.22 bits per heavy atom. The first kappa shape index (κ1) is 18.6. The summed E-state index contributed by atoms with van der Waals surface area (Å²) in [6.45, 7) is 5.22. The predicted molar refractivity (Wildman–Crippen MR) is 101 cm³/mol. The molecule has 2 amide bonds. The van der Waals surface area contributed by atoms with Crippen LogP contribution in [0.4, 0.5) is 0 Å². The van der Waals surface area contributed by atoms with Crippen molar-refractivity contribution in [3.63, 3.8) is 0 Å². The van der Waals surface area contributed by atoms with Crippen LogP contribution in [0.5, 0.6) is 0 Å². The predicted octanol–water partition coefficient (Wildman–Crippen LogP) is 1.58. The number of benzene rings is 1. The van der Waals surface area contributed by atoms with Crippen LogP contribution in [0.2, 0.25) is 0 Å². The zero-order valence-electron chi connectivity index (χ0n) is 15.5. The van der Waals surface area contributed by atoms with Gasteiger partial charge < -0.3 is 20.5 Å². The van der Waals surface area contributed by atoms with Crippen molar-refractivity contribution in [3.05, 3.63) is 46.7 Å². The summed E-state index contributed by atoms with van der Waals surface area (Å²) in [6.07, 6.45) is 1.21. The maximum Gasteiger partial charge on any atom is 0.270 e. The summed E-state index contributed by atoms with van der Waals surface area (Å²) in [5, 5.41) is 20.6. The van der Waals surface area contributed by atoms with Crippen molar-refractivity contribution in [2.24, 2.45) is 0 Å². The molecule has 7 heteroatoms. The average molecular weight is 365 g/mol. The summed E-state index contributed by atoms with van der Waals surface area (Å²) in [6, 6.07) is 9.15. The van der Waals surface area contributed by atoms with Gasteiger partial charge in [0.25, 0.3) is 5.91 Å². The Morgan fingerprint density at radius 1 is 1.44 bits per heavy atom. The fraction of sp³-hybridized carbons (Fsp3) is 0.400. The van der Waals surface area contributed by atoms with Gasteiger partial charge >= 0.3 is 0 Å². The Kier molecular flexibility index (Phi) is 5.26. The largest absolute Gasteiger partial charge is 0.378 e. The summed E-state index contributed by atoms with van der Waals surface area (Å²) < 4.78 is 0. The van der Waals surface area contributed by atoms with Crippen molar-refractivity contribution in [3.8, 4) is 6.07 Å². The van der Waals surface area contributed by atoms with Crippen LogP contribution in [0.25, 0.3) is 0 Å². The van der Waals surface area contributed by atoms with Gasteiger partial charge in [-0.2, -0.15) is 5.26 Å². The number of hydrogen-bond acceptors (Lipinski definition) is 5. The van der Waals surface area contributed by atoms with Gasteiger partial charge in [0.2, 0.25) is 6.41 Å². The second kappa shape index (κ2) is 7.62. The van der Waals surface area contributed by atoms with Gasteiger partial charge in [-0.05, 0) is 31.5 Å². The number of nitrogens with one attached hydrogen (secondary N) is 2. The number of piperazine rings is 1. The maximum atomic E-state index is 13.2. The maximum absolute atomic E-state index is 13.2. The topological polar surface area (TPSA) is 100 Å². The second-order valence-corrected chi connectivity index (χ2v) is 7.00. The zero-order valence-corrected chi connectivity index (χ0v) is 15.5. The highest BCUT2D eigenvalue weighted by Crippen LogP contribution is 2.27. The van der Waals surface area contributed by atoms with E-state index in [4.69, 9.17) is 10.7 Å². The van der Waals surface area contributed by atoms with Crippen LogP contribution in [0, 0.1) is 16.7 Å². The highest BCUT2D eigenvalue weighted by molar-refractivity contribution is 6.08. The number of piperidine rings is 1. The van der Waals surface area contributed by atoms with Crippen LogP contribution in [0.1, 0.15) is 37.4 Å². The first-order chi connectivity index (χ1) is 13.0. The first-order valence-electron chi connectivity index (χ1n) is 9.03. The highest BCUT2D eigenvalue weighted by atomic mass is 16.2. The van der Waals surface area contributed by atoms with Gasteiger partial charge in [-0.25, -0.2) is 0 Å². The van der Waals surface area contributed by atoms with Crippen LogP contribution in [0.15, 0.2) is 35.5 Å². The molecule has 3 rings (SSSR count). The molecule has 2 atom stereocenters. The van der Waals surface area contributed by atoms with Crippen molar-refractivity contribution >= 4 is 18.0 Å². The van der Waals surface area contributed by atoms with E-state index in [0.717, 1.165) is 12.0 Å². The van der Waals surface area contributed by atoms with E-state index in [1.807, 2.05) is 26.0 Å². The number of hydrogen-bond donors (Lipinski definition) is 2. The molecule has 2 saturated heterocycles. The molecular weight excluding hydrogens is 342 g/mol. The van der Waals surface area contributed by atoms with Gasteiger partial charge in [-0.15, -0.1) is 0 Å². The van der Waals surface area contributed by atoms with Crippen molar-refractivity contribution in [1.82, 2.24) is 15.1 Å². The van der Waals surface area contributed by atoms with E-state index in [-0.39, 0.29) is 24.5 Å². The number of carbonyl (C=O) groups excluding carboxylic acids is 2. The molecule has 1 aromatic rings. The summed E-state index contributed by atoms with van der Waals surface area (Å²) in [5.74, 6) is -0.170. The number of rotatable bonds is 3. The van der Waals surface area contributed by atoms with Crippen LogP contribution in [0.3, 0.4) is 0 Å². The minimum Gasteiger partial charge on any atom is -0.378 e. The van der Waals surface area contributed by atoms with Crippen molar-refractivity contribution in [2.75, 3.05) is 19.6 Å². The molecule has 2 N–H and O–H groups in total. The molecule has 0 spiro atoms. The number of nitriles is 1. The number of likely N-dealkylation sites (tertiary alicyclic amines) is 1. The second-order valence-electron chi connectivity index (χ2n) is 7.00. The molecule has 2 aliphatic rings. The lowest BCUT2D eigenvalue weighted by Gasteiger charge is -2.38. The van der Waals surface area contributed by atoms with Gasteiger partial charge in [0.05, 0.1) is 17.7 Å². The first-order valence-corrected chi connectivity index (χ1v) is 9.03. The lowest BCUT2D eigenvalue weighted by Crippen LogP contribution is -2.50. The third-order valence-corrected chi connectivity index (χ3v) is 5.30. The quantitative estimate of drug-likeness (QED) is 0.627. The van der Waals surface area contributed by atoms with E-state index in [1.54, 1.807) is 21.9 Å². The summed E-state index contributed by atoms with van der Waals surface area (Å²) in [7, 11) is 0. The summed E-state index contributed by atoms with van der Waals surface area (Å²) in [4.78, 5) is 27.8. The molecule has 7 nitrogen and oxygen atoms in total. The number of nitrogens with zero attached hydrogens (tertiary/aromatic N) is 3. The Morgan fingerprint density at radius 3 is 2.93 bits per heavy atom. The third kappa shape index (κ3) is 3.56. The molecule has 0 radical (unpaired) electrons. The molecule has 2 aliphatic heterocycles. The molecule has 27 heavy (non-hydrogen) atoms. The molecule has 0 saturated carbocycles. The molecule has 0 aromatic heterocycles. The monoisotopic (exact) mass is 365 g/mol. The zero-order chi connectivity index (χ0) is 19.6. The molecule has 1 unspecified atom stereocenters. The Hall–Kier alpha value is -3.14. The van der Waals surface area contributed by atoms with E-state index < -0.39 is 0 Å². The number of carbonyl (C=O) groups is 2. The molecule has 1 aromatic carbocycles. The van der Waals surface area contributed by atoms with Gasteiger partial charge in [0.1, 0.15) is 5.70 Å². The van der Waals surface area contributed by atoms with E-state index in [9.17, 15) is 9.59 Å². The molecular formula is C20H23N5O2. The Balaban J connectivity index is 1.90. The van der Waals surface area contributed by atoms with Gasteiger partial charge in [0, 0.05) is 43.4 Å². The lowest BCUT2D eigenvalue weighted by molar-refractivity contribution is -0.131. The van der Waals surface area contributed by atoms with Crippen LogP contribution in [-0.4, -0.2) is 53.5 Å². The van der Waals surface area contributed by atoms with Crippen LogP contribution in [-0.2, 0) is 9.59 Å². The molecule has 140 valence electrons. The van der Waals surface area contributed by atoms with Crippen LogP contribution < -0.4 is 5.32 Å². The third-order valence-electron chi connectivity index (χ3n) is 5.30. The fourth-order valence-electron chi connectivity index (χ4n) is 3.62. The van der Waals surface area contributed by atoms with Gasteiger partial charge in [-0.1, -0.05) is 12.1 Å². The standard InChI is InChI=1S/C20H23N5O2/c1-13-8-18(22)17(11-24(13)12-26)19-20(27)25(7-6-23-19)14(2)16-5-3-4-15(9-16)10-21/h3-5,9,12-14,22-23H,6-8,11H2,1-2H3/b19-17-,22-18?/t13-,14?/m1/s1. The molecule has 0 bridgehead atoms. The van der Waals surface area contributed by atoms with E-state index >= 15 is 0 Å². The fourth-order valence-corrected chi connectivity index (χ4v) is 3.62. The molecule has 0 aliphatic carbocycles. The minimum atomic E-state index is -0.192. The minimum absolute atomic E-state index is 0.0400. The van der Waals surface area contributed by atoms with E-state index in [2.05, 4.69) is 11.4 Å². The summed E-state index contributed by atoms with van der Waals surface area (Å²) in [5.41, 5.74) is 2.86. The average Bonchev–Trinajstić information content (AvgIpc) is 2.68. The van der Waals surface area contributed by atoms with Gasteiger partial charge in [-0.3, -0.25) is 9.59 Å². The summed E-state index contributed by atoms with van der Waals surface area (Å²) >= 11 is 0. The lowest BCUT2D eigenvalue weighted by atomic mass is 9.94. The Labute approximate surface area is 158 Å². The Bertz CT molecular complexity index is 854.